The SMILES string of the molecule is O=c1c2c(-c3cccc(F)c3)csc2cnn1CCc1ccc2ccccc2n1. The number of halogens is 1. The Labute approximate surface area is 169 Å². The van der Waals surface area contributed by atoms with E-state index in [9.17, 15) is 9.18 Å². The average molecular weight is 401 g/mol. The highest BCUT2D eigenvalue weighted by molar-refractivity contribution is 7.17. The number of hydrogen-bond donors (Lipinski definition) is 0. The molecule has 2 aromatic carbocycles. The summed E-state index contributed by atoms with van der Waals surface area (Å²) in [7, 11) is 0. The van der Waals surface area contributed by atoms with E-state index < -0.39 is 0 Å². The quantitative estimate of drug-likeness (QED) is 0.423. The van der Waals surface area contributed by atoms with Crippen molar-refractivity contribution in [1.29, 1.82) is 0 Å². The maximum atomic E-state index is 13.7. The molecule has 5 rings (SSSR count). The Kier molecular flexibility index (Phi) is 4.41. The lowest BCUT2D eigenvalue weighted by Crippen LogP contribution is -2.23. The molecule has 4 nitrogen and oxygen atoms in total. The van der Waals surface area contributed by atoms with Gasteiger partial charge >= 0.3 is 0 Å². The first-order valence-electron chi connectivity index (χ1n) is 9.27. The number of benzene rings is 2. The zero-order valence-electron chi connectivity index (χ0n) is 15.4. The van der Waals surface area contributed by atoms with E-state index in [4.69, 9.17) is 0 Å². The molecule has 0 aliphatic heterocycles. The van der Waals surface area contributed by atoms with Gasteiger partial charge in [0.25, 0.3) is 5.56 Å². The largest absolute Gasteiger partial charge is 0.276 e. The third kappa shape index (κ3) is 3.32. The van der Waals surface area contributed by atoms with Gasteiger partial charge in [-0.15, -0.1) is 11.3 Å². The van der Waals surface area contributed by atoms with E-state index in [1.165, 1.54) is 28.2 Å². The molecule has 29 heavy (non-hydrogen) atoms. The third-order valence-corrected chi connectivity index (χ3v) is 5.87. The molecule has 0 N–H and O–H groups in total. The fourth-order valence-corrected chi connectivity index (χ4v) is 4.41. The van der Waals surface area contributed by atoms with E-state index in [1.807, 2.05) is 47.8 Å². The molecule has 142 valence electrons. The number of nitrogens with zero attached hydrogens (tertiary/aromatic N) is 3. The highest BCUT2D eigenvalue weighted by atomic mass is 32.1. The van der Waals surface area contributed by atoms with Crippen LogP contribution in [0.4, 0.5) is 4.39 Å². The molecule has 0 fully saturated rings. The van der Waals surface area contributed by atoms with Gasteiger partial charge in [0.1, 0.15) is 5.82 Å². The first-order valence-corrected chi connectivity index (χ1v) is 10.1. The van der Waals surface area contributed by atoms with Crippen LogP contribution >= 0.6 is 11.3 Å². The number of aryl methyl sites for hydroxylation is 2. The van der Waals surface area contributed by atoms with E-state index in [0.717, 1.165) is 26.9 Å². The Morgan fingerprint density at radius 2 is 1.93 bits per heavy atom. The molecule has 0 spiro atoms. The Bertz CT molecular complexity index is 1410. The number of rotatable bonds is 4. The van der Waals surface area contributed by atoms with Crippen LogP contribution in [0, 0.1) is 5.82 Å². The summed E-state index contributed by atoms with van der Waals surface area (Å²) in [5.41, 5.74) is 3.13. The van der Waals surface area contributed by atoms with Crippen LogP contribution < -0.4 is 5.56 Å². The normalized spacial score (nSPS) is 11.3. The van der Waals surface area contributed by atoms with Crippen LogP contribution in [-0.2, 0) is 13.0 Å². The van der Waals surface area contributed by atoms with Crippen molar-refractivity contribution in [3.05, 3.63) is 94.1 Å². The van der Waals surface area contributed by atoms with E-state index in [1.54, 1.807) is 12.3 Å². The van der Waals surface area contributed by atoms with Crippen molar-refractivity contribution in [2.45, 2.75) is 13.0 Å². The van der Waals surface area contributed by atoms with E-state index >= 15 is 0 Å². The summed E-state index contributed by atoms with van der Waals surface area (Å²) in [5.74, 6) is -0.321. The number of pyridine rings is 1. The highest BCUT2D eigenvalue weighted by Crippen LogP contribution is 2.31. The third-order valence-electron chi connectivity index (χ3n) is 4.95. The first kappa shape index (κ1) is 17.7. The lowest BCUT2D eigenvalue weighted by molar-refractivity contribution is 0.580. The van der Waals surface area contributed by atoms with Gasteiger partial charge in [0.15, 0.2) is 0 Å². The Hall–Kier alpha value is -3.38. The monoisotopic (exact) mass is 401 g/mol. The summed E-state index contributed by atoms with van der Waals surface area (Å²) in [6.45, 7) is 0.429. The maximum Gasteiger partial charge on any atom is 0.276 e. The molecule has 5 aromatic rings. The summed E-state index contributed by atoms with van der Waals surface area (Å²) in [4.78, 5) is 17.8. The van der Waals surface area contributed by atoms with Crippen molar-refractivity contribution >= 4 is 32.3 Å². The minimum Gasteiger partial charge on any atom is -0.267 e. The van der Waals surface area contributed by atoms with Crippen LogP contribution in [0.2, 0.25) is 0 Å². The van der Waals surface area contributed by atoms with Crippen LogP contribution in [-0.4, -0.2) is 14.8 Å². The van der Waals surface area contributed by atoms with Gasteiger partial charge in [-0.05, 0) is 29.8 Å². The molecule has 0 aliphatic carbocycles. The highest BCUT2D eigenvalue weighted by Gasteiger charge is 2.13. The second-order valence-corrected chi connectivity index (χ2v) is 7.73. The van der Waals surface area contributed by atoms with Crippen LogP contribution in [0.1, 0.15) is 5.69 Å². The van der Waals surface area contributed by atoms with Crippen molar-refractivity contribution in [3.8, 4) is 11.1 Å². The summed E-state index contributed by atoms with van der Waals surface area (Å²) in [6, 6.07) is 18.3. The van der Waals surface area contributed by atoms with Crippen molar-refractivity contribution in [3.63, 3.8) is 0 Å². The molecule has 0 unspecified atom stereocenters. The topological polar surface area (TPSA) is 47.8 Å². The molecule has 0 saturated heterocycles. The van der Waals surface area contributed by atoms with E-state index in [-0.39, 0.29) is 11.4 Å². The number of aromatic nitrogens is 3. The predicted molar refractivity (Wildman–Crippen MR) is 115 cm³/mol. The zero-order chi connectivity index (χ0) is 19.8. The fraction of sp³-hybridized carbons (Fsp3) is 0.0870. The number of thiophene rings is 1. The van der Waals surface area contributed by atoms with Gasteiger partial charge in [0, 0.05) is 28.4 Å². The summed E-state index contributed by atoms with van der Waals surface area (Å²) in [5, 5.41) is 7.88. The lowest BCUT2D eigenvalue weighted by Gasteiger charge is -2.06. The second-order valence-electron chi connectivity index (χ2n) is 6.82. The van der Waals surface area contributed by atoms with Crippen molar-refractivity contribution < 1.29 is 4.39 Å². The fourth-order valence-electron chi connectivity index (χ4n) is 3.49. The number of fused-ring (bicyclic) bond motifs is 2. The van der Waals surface area contributed by atoms with E-state index in [2.05, 4.69) is 10.1 Å². The van der Waals surface area contributed by atoms with E-state index in [0.29, 0.717) is 23.9 Å². The zero-order valence-corrected chi connectivity index (χ0v) is 16.2. The Morgan fingerprint density at radius 1 is 1.03 bits per heavy atom. The van der Waals surface area contributed by atoms with Gasteiger partial charge in [-0.1, -0.05) is 36.4 Å². The first-order chi connectivity index (χ1) is 14.2. The molecular formula is C23H16FN3OS. The minimum absolute atomic E-state index is 0.163. The van der Waals surface area contributed by atoms with Crippen LogP contribution in [0.25, 0.3) is 32.1 Å². The van der Waals surface area contributed by atoms with Crippen molar-refractivity contribution in [1.82, 2.24) is 14.8 Å². The average Bonchev–Trinajstić information content (AvgIpc) is 3.18. The van der Waals surface area contributed by atoms with Gasteiger partial charge in [0.2, 0.25) is 0 Å². The molecule has 0 aliphatic rings. The molecule has 3 aromatic heterocycles. The summed E-state index contributed by atoms with van der Waals surface area (Å²) < 4.78 is 15.9. The van der Waals surface area contributed by atoms with Crippen LogP contribution in [0.3, 0.4) is 0 Å². The van der Waals surface area contributed by atoms with Gasteiger partial charge in [0.05, 0.1) is 28.3 Å². The molecule has 0 bridgehead atoms. The summed E-state index contributed by atoms with van der Waals surface area (Å²) in [6.07, 6.45) is 2.31. The standard InChI is InChI=1S/C23H16FN3OS/c24-17-6-3-5-16(12-17)19-14-29-21-13-25-27(23(28)22(19)21)11-10-18-9-8-15-4-1-2-7-20(15)26-18/h1-9,12-14H,10-11H2. The maximum absolute atomic E-state index is 13.7. The predicted octanol–water partition coefficient (Wildman–Crippen LogP) is 5.06. The number of para-hydroxylation sites is 1. The Balaban J connectivity index is 1.49. The van der Waals surface area contributed by atoms with Crippen LogP contribution in [0.15, 0.2) is 77.0 Å². The smallest absolute Gasteiger partial charge is 0.267 e. The molecule has 0 amide bonds. The minimum atomic E-state index is -0.321. The van der Waals surface area contributed by atoms with Crippen molar-refractivity contribution in [2.75, 3.05) is 0 Å². The Morgan fingerprint density at radius 3 is 2.83 bits per heavy atom. The van der Waals surface area contributed by atoms with Gasteiger partial charge < -0.3 is 0 Å². The van der Waals surface area contributed by atoms with Gasteiger partial charge in [-0.3, -0.25) is 9.78 Å². The van der Waals surface area contributed by atoms with Crippen molar-refractivity contribution in [2.24, 2.45) is 0 Å². The van der Waals surface area contributed by atoms with Gasteiger partial charge in [-0.2, -0.15) is 5.10 Å². The molecule has 0 saturated carbocycles. The van der Waals surface area contributed by atoms with Gasteiger partial charge in [-0.25, -0.2) is 9.07 Å². The molecule has 3 heterocycles. The molecule has 6 heteroatoms. The summed E-state index contributed by atoms with van der Waals surface area (Å²) >= 11 is 1.44. The van der Waals surface area contributed by atoms with Crippen LogP contribution in [0.5, 0.6) is 0 Å². The number of hydrogen-bond acceptors (Lipinski definition) is 4. The second kappa shape index (κ2) is 7.22. The lowest BCUT2D eigenvalue weighted by atomic mass is 10.1. The molecule has 0 atom stereocenters. The molecular weight excluding hydrogens is 385 g/mol. The molecule has 0 radical (unpaired) electrons.